The Bertz CT molecular complexity index is 795. The third kappa shape index (κ3) is 2.55. The van der Waals surface area contributed by atoms with Crippen molar-refractivity contribution in [2.45, 2.75) is 9.79 Å². The molecule has 1 N–H and O–H groups in total. The van der Waals surface area contributed by atoms with Gasteiger partial charge in [0.2, 0.25) is 10.0 Å². The average Bonchev–Trinajstić information content (AvgIpc) is 2.47. The van der Waals surface area contributed by atoms with Gasteiger partial charge < -0.3 is 10.1 Å². The van der Waals surface area contributed by atoms with Gasteiger partial charge in [-0.1, -0.05) is 0 Å². The lowest BCUT2D eigenvalue weighted by atomic mass is 10.3. The van der Waals surface area contributed by atoms with Gasteiger partial charge in [-0.2, -0.15) is 12.7 Å². The minimum atomic E-state index is -3.86. The Hall–Kier alpha value is -1.49. The standard InChI is InChI=1S/C11H13N3O5S2/c15-20(16)11-7-9(1-2-10(11)12-8-13-20)21(17,18)14-3-5-19-6-4-14/h1-2,7-8H,3-6H2,(H,12,13). The zero-order valence-corrected chi connectivity index (χ0v) is 12.5. The zero-order valence-electron chi connectivity index (χ0n) is 10.9. The van der Waals surface area contributed by atoms with E-state index in [-0.39, 0.29) is 22.9 Å². The van der Waals surface area contributed by atoms with Crippen molar-refractivity contribution in [3.05, 3.63) is 18.2 Å². The number of hydrogen-bond acceptors (Lipinski definition) is 6. The van der Waals surface area contributed by atoms with Gasteiger partial charge in [-0.05, 0) is 18.2 Å². The van der Waals surface area contributed by atoms with E-state index >= 15 is 0 Å². The van der Waals surface area contributed by atoms with E-state index < -0.39 is 20.0 Å². The molecule has 1 fully saturated rings. The van der Waals surface area contributed by atoms with E-state index in [0.29, 0.717) is 18.9 Å². The van der Waals surface area contributed by atoms with Gasteiger partial charge in [0.05, 0.1) is 23.8 Å². The molecule has 2 aliphatic rings. The number of morpholine rings is 1. The second-order valence-electron chi connectivity index (χ2n) is 4.53. The van der Waals surface area contributed by atoms with Gasteiger partial charge in [0, 0.05) is 13.1 Å². The lowest BCUT2D eigenvalue weighted by Crippen LogP contribution is -2.40. The monoisotopic (exact) mass is 331 g/mol. The molecule has 114 valence electrons. The maximum atomic E-state index is 12.5. The Morgan fingerprint density at radius 3 is 2.67 bits per heavy atom. The lowest BCUT2D eigenvalue weighted by Gasteiger charge is -2.26. The van der Waals surface area contributed by atoms with E-state index in [2.05, 4.69) is 9.71 Å². The highest BCUT2D eigenvalue weighted by molar-refractivity contribution is 7.91. The number of nitrogens with one attached hydrogen (secondary N) is 1. The number of benzene rings is 1. The molecule has 0 atom stereocenters. The Labute approximate surface area is 122 Å². The predicted molar refractivity (Wildman–Crippen MR) is 75.3 cm³/mol. The molecular weight excluding hydrogens is 318 g/mol. The zero-order chi connectivity index (χ0) is 15.1. The van der Waals surface area contributed by atoms with Crippen LogP contribution in [0.15, 0.2) is 32.4 Å². The van der Waals surface area contributed by atoms with E-state index in [4.69, 9.17) is 4.74 Å². The fourth-order valence-electron chi connectivity index (χ4n) is 2.15. The molecule has 10 heteroatoms. The van der Waals surface area contributed by atoms with Crippen LogP contribution in [0.2, 0.25) is 0 Å². The Morgan fingerprint density at radius 1 is 1.24 bits per heavy atom. The van der Waals surface area contributed by atoms with Crippen molar-refractivity contribution in [2.75, 3.05) is 31.6 Å². The Balaban J connectivity index is 2.05. The smallest absolute Gasteiger partial charge is 0.285 e. The number of fused-ring (bicyclic) bond motifs is 1. The Kier molecular flexibility index (Phi) is 3.48. The van der Waals surface area contributed by atoms with Crippen LogP contribution in [0.25, 0.3) is 0 Å². The molecule has 2 heterocycles. The third-order valence-corrected chi connectivity index (χ3v) is 6.42. The number of anilines is 1. The molecule has 0 unspecified atom stereocenters. The maximum absolute atomic E-state index is 12.5. The van der Waals surface area contributed by atoms with Gasteiger partial charge in [0.25, 0.3) is 10.0 Å². The number of hydrogen-bond donors (Lipinski definition) is 1. The first-order chi connectivity index (χ1) is 9.91. The topological polar surface area (TPSA) is 105 Å². The predicted octanol–water partition coefficient (Wildman–Crippen LogP) is -0.150. The van der Waals surface area contributed by atoms with Crippen LogP contribution in [-0.4, -0.2) is 53.8 Å². The summed E-state index contributed by atoms with van der Waals surface area (Å²) in [4.78, 5) is -0.204. The molecule has 0 aromatic heterocycles. The molecule has 0 bridgehead atoms. The summed E-state index contributed by atoms with van der Waals surface area (Å²) in [6.45, 7) is 1.16. The van der Waals surface area contributed by atoms with Crippen LogP contribution in [-0.2, 0) is 24.8 Å². The summed E-state index contributed by atoms with van der Waals surface area (Å²) in [6, 6.07) is 3.94. The van der Waals surface area contributed by atoms with E-state index in [0.717, 1.165) is 12.4 Å². The van der Waals surface area contributed by atoms with Crippen molar-refractivity contribution in [3.8, 4) is 0 Å². The fourth-order valence-corrected chi connectivity index (χ4v) is 4.65. The summed E-state index contributed by atoms with van der Waals surface area (Å²) in [5, 5.41) is 2.68. The molecule has 8 nitrogen and oxygen atoms in total. The summed E-state index contributed by atoms with van der Waals surface area (Å²) in [5.41, 5.74) is 0.311. The molecule has 1 aromatic rings. The molecule has 0 radical (unpaired) electrons. The minimum Gasteiger partial charge on any atom is -0.379 e. The number of sulfonamides is 2. The van der Waals surface area contributed by atoms with Gasteiger partial charge in [0.1, 0.15) is 11.2 Å². The molecule has 3 rings (SSSR count). The van der Waals surface area contributed by atoms with Gasteiger partial charge in [-0.15, -0.1) is 4.40 Å². The summed E-state index contributed by atoms with van der Waals surface area (Å²) in [6.07, 6.45) is 1.06. The van der Waals surface area contributed by atoms with Crippen molar-refractivity contribution in [1.82, 2.24) is 4.31 Å². The summed E-state index contributed by atoms with van der Waals surface area (Å²) in [5.74, 6) is 0. The van der Waals surface area contributed by atoms with Crippen LogP contribution in [0.5, 0.6) is 0 Å². The molecule has 0 amide bonds. The number of nitrogens with zero attached hydrogens (tertiary/aromatic N) is 2. The van der Waals surface area contributed by atoms with Gasteiger partial charge in [-0.25, -0.2) is 8.42 Å². The van der Waals surface area contributed by atoms with Crippen LogP contribution in [0, 0.1) is 0 Å². The van der Waals surface area contributed by atoms with E-state index in [1.165, 1.54) is 16.4 Å². The highest BCUT2D eigenvalue weighted by atomic mass is 32.2. The van der Waals surface area contributed by atoms with Crippen molar-refractivity contribution < 1.29 is 21.6 Å². The van der Waals surface area contributed by atoms with Crippen molar-refractivity contribution >= 4 is 32.1 Å². The van der Waals surface area contributed by atoms with Crippen LogP contribution in [0.3, 0.4) is 0 Å². The van der Waals surface area contributed by atoms with Crippen molar-refractivity contribution in [3.63, 3.8) is 0 Å². The SMILES string of the molecule is O=S1(=O)N=CNc2ccc(S(=O)(=O)N3CCOCC3)cc21. The Morgan fingerprint density at radius 2 is 1.95 bits per heavy atom. The molecule has 0 spiro atoms. The van der Waals surface area contributed by atoms with Crippen LogP contribution >= 0.6 is 0 Å². The molecule has 1 saturated heterocycles. The highest BCUT2D eigenvalue weighted by Crippen LogP contribution is 2.29. The van der Waals surface area contributed by atoms with Gasteiger partial charge in [0.15, 0.2) is 0 Å². The van der Waals surface area contributed by atoms with Crippen molar-refractivity contribution in [2.24, 2.45) is 4.40 Å². The minimum absolute atomic E-state index is 0.0642. The average molecular weight is 331 g/mol. The first-order valence-corrected chi connectivity index (χ1v) is 9.06. The summed E-state index contributed by atoms with van der Waals surface area (Å²) >= 11 is 0. The second-order valence-corrected chi connectivity index (χ2v) is 8.07. The van der Waals surface area contributed by atoms with E-state index in [1.54, 1.807) is 0 Å². The molecule has 0 saturated carbocycles. The molecular formula is C11H13N3O5S2. The molecule has 0 aliphatic carbocycles. The quantitative estimate of drug-likeness (QED) is 0.808. The van der Waals surface area contributed by atoms with Gasteiger partial charge in [-0.3, -0.25) is 0 Å². The molecule has 21 heavy (non-hydrogen) atoms. The second kappa shape index (κ2) is 5.05. The largest absolute Gasteiger partial charge is 0.379 e. The first-order valence-electron chi connectivity index (χ1n) is 6.18. The molecule has 1 aromatic carbocycles. The number of ether oxygens (including phenoxy) is 1. The number of rotatable bonds is 2. The van der Waals surface area contributed by atoms with E-state index in [9.17, 15) is 16.8 Å². The van der Waals surface area contributed by atoms with E-state index in [1.807, 2.05) is 0 Å². The van der Waals surface area contributed by atoms with Gasteiger partial charge >= 0.3 is 0 Å². The first kappa shape index (κ1) is 14.4. The summed E-state index contributed by atoms with van der Waals surface area (Å²) in [7, 11) is -7.59. The van der Waals surface area contributed by atoms with Crippen LogP contribution in [0.1, 0.15) is 0 Å². The summed E-state index contributed by atoms with van der Waals surface area (Å²) < 4.78 is 58.5. The molecule has 2 aliphatic heterocycles. The maximum Gasteiger partial charge on any atom is 0.285 e. The fraction of sp³-hybridized carbons (Fsp3) is 0.364. The lowest BCUT2D eigenvalue weighted by molar-refractivity contribution is 0.0730. The van der Waals surface area contributed by atoms with Crippen LogP contribution in [0.4, 0.5) is 5.69 Å². The highest BCUT2D eigenvalue weighted by Gasteiger charge is 2.29. The normalized spacial score (nSPS) is 21.5. The third-order valence-electron chi connectivity index (χ3n) is 3.25. The van der Waals surface area contributed by atoms with Crippen LogP contribution < -0.4 is 5.32 Å². The van der Waals surface area contributed by atoms with Crippen molar-refractivity contribution in [1.29, 1.82) is 0 Å².